The van der Waals surface area contributed by atoms with Crippen molar-refractivity contribution in [1.29, 1.82) is 0 Å². The number of halogens is 1. The van der Waals surface area contributed by atoms with Gasteiger partial charge in [-0.05, 0) is 67.3 Å². The van der Waals surface area contributed by atoms with Gasteiger partial charge in [0.1, 0.15) is 12.6 Å². The van der Waals surface area contributed by atoms with Gasteiger partial charge in [-0.3, -0.25) is 13.9 Å². The van der Waals surface area contributed by atoms with E-state index in [9.17, 15) is 18.0 Å². The normalized spacial score (nSPS) is 12.2. The SMILES string of the molecule is Cc1cccc(N(CC(=O)N(Cc2ccc(Br)cc2)[C@@H](C)C(=O)NCC(C)C)S(=O)(=O)c2ccccc2)c1. The Kier molecular flexibility index (Phi) is 10.1. The van der Waals surface area contributed by atoms with Crippen LogP contribution >= 0.6 is 15.9 Å². The summed E-state index contributed by atoms with van der Waals surface area (Å²) in [4.78, 5) is 28.4. The molecule has 0 radical (unpaired) electrons. The third-order valence-electron chi connectivity index (χ3n) is 6.02. The van der Waals surface area contributed by atoms with Crippen LogP contribution in [0.25, 0.3) is 0 Å². The van der Waals surface area contributed by atoms with Gasteiger partial charge in [0.2, 0.25) is 11.8 Å². The molecule has 202 valence electrons. The molecule has 2 amide bonds. The first-order valence-electron chi connectivity index (χ1n) is 12.4. The van der Waals surface area contributed by atoms with Crippen LogP contribution in [-0.2, 0) is 26.2 Å². The molecule has 0 aliphatic carbocycles. The molecule has 9 heteroatoms. The summed E-state index contributed by atoms with van der Waals surface area (Å²) in [7, 11) is -4.07. The molecule has 1 N–H and O–H groups in total. The number of carbonyl (C=O) groups is 2. The van der Waals surface area contributed by atoms with E-state index in [2.05, 4.69) is 21.2 Å². The monoisotopic (exact) mass is 599 g/mol. The zero-order valence-corrected chi connectivity index (χ0v) is 24.5. The van der Waals surface area contributed by atoms with E-state index in [-0.39, 0.29) is 23.3 Å². The van der Waals surface area contributed by atoms with Gasteiger partial charge in [0.05, 0.1) is 10.6 Å². The number of hydrogen-bond donors (Lipinski definition) is 1. The number of nitrogens with zero attached hydrogens (tertiary/aromatic N) is 2. The Morgan fingerprint density at radius 1 is 0.921 bits per heavy atom. The highest BCUT2D eigenvalue weighted by molar-refractivity contribution is 9.10. The van der Waals surface area contributed by atoms with Crippen molar-refractivity contribution >= 4 is 43.5 Å². The molecular weight excluding hydrogens is 566 g/mol. The van der Waals surface area contributed by atoms with Crippen molar-refractivity contribution < 1.29 is 18.0 Å². The fraction of sp³-hybridized carbons (Fsp3) is 0.310. The van der Waals surface area contributed by atoms with Crippen molar-refractivity contribution in [3.8, 4) is 0 Å². The minimum absolute atomic E-state index is 0.0801. The molecule has 0 unspecified atom stereocenters. The molecule has 0 heterocycles. The van der Waals surface area contributed by atoms with Gasteiger partial charge in [-0.15, -0.1) is 0 Å². The lowest BCUT2D eigenvalue weighted by Crippen LogP contribution is -2.51. The molecule has 0 spiro atoms. The van der Waals surface area contributed by atoms with Gasteiger partial charge in [-0.2, -0.15) is 0 Å². The number of hydrogen-bond acceptors (Lipinski definition) is 4. The minimum atomic E-state index is -4.07. The second kappa shape index (κ2) is 13.1. The molecule has 0 bridgehead atoms. The van der Waals surface area contributed by atoms with Gasteiger partial charge < -0.3 is 10.2 Å². The van der Waals surface area contributed by atoms with Crippen LogP contribution in [-0.4, -0.2) is 44.3 Å². The quantitative estimate of drug-likeness (QED) is 0.330. The maximum Gasteiger partial charge on any atom is 0.264 e. The first-order valence-corrected chi connectivity index (χ1v) is 14.7. The fourth-order valence-electron chi connectivity index (χ4n) is 3.85. The summed E-state index contributed by atoms with van der Waals surface area (Å²) in [5.41, 5.74) is 2.05. The second-order valence-electron chi connectivity index (χ2n) is 9.63. The third kappa shape index (κ3) is 7.68. The summed E-state index contributed by atoms with van der Waals surface area (Å²) in [5.74, 6) is -0.534. The topological polar surface area (TPSA) is 86.8 Å². The van der Waals surface area contributed by atoms with Crippen molar-refractivity contribution in [2.24, 2.45) is 5.92 Å². The molecule has 1 atom stereocenters. The standard InChI is InChI=1S/C29H34BrN3O4S/c1-21(2)18-31-29(35)23(4)32(19-24-13-15-25(30)16-14-24)28(34)20-33(26-10-8-9-22(3)17-26)38(36,37)27-11-6-5-7-12-27/h5-17,21,23H,18-20H2,1-4H3,(H,31,35)/t23-/m0/s1. The lowest BCUT2D eigenvalue weighted by atomic mass is 10.1. The molecule has 3 aromatic carbocycles. The number of aryl methyl sites for hydroxylation is 1. The molecule has 0 aliphatic rings. The smallest absolute Gasteiger partial charge is 0.264 e. The van der Waals surface area contributed by atoms with Crippen molar-refractivity contribution in [3.63, 3.8) is 0 Å². The van der Waals surface area contributed by atoms with E-state index >= 15 is 0 Å². The molecular formula is C29H34BrN3O4S. The van der Waals surface area contributed by atoms with Crippen LogP contribution in [0.2, 0.25) is 0 Å². The number of amides is 2. The lowest BCUT2D eigenvalue weighted by Gasteiger charge is -2.32. The summed E-state index contributed by atoms with van der Waals surface area (Å²) < 4.78 is 29.5. The van der Waals surface area contributed by atoms with Crippen LogP contribution < -0.4 is 9.62 Å². The first-order chi connectivity index (χ1) is 18.0. The molecule has 0 saturated carbocycles. The Hall–Kier alpha value is -3.17. The van der Waals surface area contributed by atoms with E-state index in [1.165, 1.54) is 17.0 Å². The van der Waals surface area contributed by atoms with Gasteiger partial charge in [0.15, 0.2) is 0 Å². The minimum Gasteiger partial charge on any atom is -0.354 e. The van der Waals surface area contributed by atoms with Crippen LogP contribution in [0.3, 0.4) is 0 Å². The predicted octanol–water partition coefficient (Wildman–Crippen LogP) is 5.14. The highest BCUT2D eigenvalue weighted by Crippen LogP contribution is 2.25. The number of anilines is 1. The number of benzene rings is 3. The van der Waals surface area contributed by atoms with E-state index in [1.54, 1.807) is 43.3 Å². The molecule has 0 fully saturated rings. The van der Waals surface area contributed by atoms with Crippen LogP contribution in [0, 0.1) is 12.8 Å². The van der Waals surface area contributed by atoms with E-state index in [0.717, 1.165) is 19.9 Å². The largest absolute Gasteiger partial charge is 0.354 e. The summed E-state index contributed by atoms with van der Waals surface area (Å²) >= 11 is 3.42. The van der Waals surface area contributed by atoms with Gasteiger partial charge in [-0.25, -0.2) is 8.42 Å². The van der Waals surface area contributed by atoms with Crippen molar-refractivity contribution in [1.82, 2.24) is 10.2 Å². The van der Waals surface area contributed by atoms with Crippen molar-refractivity contribution in [2.45, 2.75) is 45.2 Å². The predicted molar refractivity (Wildman–Crippen MR) is 154 cm³/mol. The Bertz CT molecular complexity index is 1350. The Morgan fingerprint density at radius 2 is 1.58 bits per heavy atom. The fourth-order valence-corrected chi connectivity index (χ4v) is 5.54. The van der Waals surface area contributed by atoms with E-state index in [4.69, 9.17) is 0 Å². The Balaban J connectivity index is 1.99. The zero-order valence-electron chi connectivity index (χ0n) is 22.1. The van der Waals surface area contributed by atoms with Crippen LogP contribution in [0.15, 0.2) is 88.2 Å². The number of rotatable bonds is 11. The maximum absolute atomic E-state index is 13.9. The highest BCUT2D eigenvalue weighted by Gasteiger charge is 2.32. The van der Waals surface area contributed by atoms with Crippen LogP contribution in [0.1, 0.15) is 31.9 Å². The van der Waals surface area contributed by atoms with Gasteiger partial charge in [0, 0.05) is 17.6 Å². The zero-order chi connectivity index (χ0) is 27.9. The third-order valence-corrected chi connectivity index (χ3v) is 8.33. The average Bonchev–Trinajstić information content (AvgIpc) is 2.89. The summed E-state index contributed by atoms with van der Waals surface area (Å²) in [5, 5.41) is 2.89. The molecule has 38 heavy (non-hydrogen) atoms. The number of nitrogens with one attached hydrogen (secondary N) is 1. The van der Waals surface area contributed by atoms with Gasteiger partial charge in [-0.1, -0.05) is 72.2 Å². The molecule has 0 aliphatic heterocycles. The van der Waals surface area contributed by atoms with Crippen molar-refractivity contribution in [3.05, 3.63) is 94.5 Å². The van der Waals surface area contributed by atoms with Gasteiger partial charge in [0.25, 0.3) is 10.0 Å². The van der Waals surface area contributed by atoms with E-state index < -0.39 is 28.5 Å². The second-order valence-corrected chi connectivity index (χ2v) is 12.4. The highest BCUT2D eigenvalue weighted by atomic mass is 79.9. The molecule has 0 saturated heterocycles. The summed E-state index contributed by atoms with van der Waals surface area (Å²) in [6.07, 6.45) is 0. The van der Waals surface area contributed by atoms with Crippen molar-refractivity contribution in [2.75, 3.05) is 17.4 Å². The Labute approximate surface area is 234 Å². The lowest BCUT2D eigenvalue weighted by molar-refractivity contribution is -0.139. The summed E-state index contributed by atoms with van der Waals surface area (Å²) in [6, 6.07) is 21.7. The maximum atomic E-state index is 13.9. The molecule has 7 nitrogen and oxygen atoms in total. The van der Waals surface area contributed by atoms with E-state index in [1.807, 2.05) is 51.1 Å². The van der Waals surface area contributed by atoms with Gasteiger partial charge >= 0.3 is 0 Å². The molecule has 3 aromatic rings. The molecule has 0 aromatic heterocycles. The average molecular weight is 601 g/mol. The van der Waals surface area contributed by atoms with Crippen LogP contribution in [0.4, 0.5) is 5.69 Å². The van der Waals surface area contributed by atoms with E-state index in [0.29, 0.717) is 12.2 Å². The van der Waals surface area contributed by atoms with Crippen LogP contribution in [0.5, 0.6) is 0 Å². The number of carbonyl (C=O) groups excluding carboxylic acids is 2. The first kappa shape index (κ1) is 29.4. The number of sulfonamides is 1. The molecule has 3 rings (SSSR count). The Morgan fingerprint density at radius 3 is 2.18 bits per heavy atom. The summed E-state index contributed by atoms with van der Waals surface area (Å²) in [6.45, 7) is 7.66.